The lowest BCUT2D eigenvalue weighted by Gasteiger charge is -2.02. The minimum absolute atomic E-state index is 0. The quantitative estimate of drug-likeness (QED) is 0.479. The zero-order valence-corrected chi connectivity index (χ0v) is 11.5. The molecule has 0 amide bonds. The van der Waals surface area contributed by atoms with Crippen molar-refractivity contribution in [3.8, 4) is 0 Å². The van der Waals surface area contributed by atoms with E-state index in [1.54, 1.807) is 0 Å². The summed E-state index contributed by atoms with van der Waals surface area (Å²) < 4.78 is 0. The highest BCUT2D eigenvalue weighted by Crippen LogP contribution is 2.11. The van der Waals surface area contributed by atoms with Crippen LogP contribution in [-0.2, 0) is 0 Å². The molecule has 0 spiro atoms. The summed E-state index contributed by atoms with van der Waals surface area (Å²) in [7, 11) is 2.01. The second-order valence-electron chi connectivity index (χ2n) is 3.97. The Kier molecular flexibility index (Phi) is 8.77. The van der Waals surface area contributed by atoms with Crippen LogP contribution in [0.1, 0.15) is 45.4 Å². The van der Waals surface area contributed by atoms with Gasteiger partial charge in [0.2, 0.25) is 0 Å². The molecule has 0 aromatic rings. The minimum Gasteiger partial charge on any atom is -1.00 e. The molecular formula is C12H22BrN2. The standard InChI is InChI=1S/C12H22N2.BrH/c1-3-4-5-6-7-8-9-14-11-10-13(2)12-14;/h10-11H,3-9H2,1-2H3;1H/q+1;/p-1. The first-order chi connectivity index (χ1) is 6.83. The Hall–Kier alpha value is -0.310. The van der Waals surface area contributed by atoms with Gasteiger partial charge in [-0.05, 0) is 6.42 Å². The average molecular weight is 274 g/mol. The van der Waals surface area contributed by atoms with Gasteiger partial charge in [-0.3, -0.25) is 0 Å². The topological polar surface area (TPSA) is 6.48 Å². The van der Waals surface area contributed by atoms with Crippen LogP contribution < -0.4 is 17.0 Å². The SMILES string of the molecule is CCCCCCCCN1[C+]N(C)C=C1.[Br-]. The molecule has 0 bridgehead atoms. The molecule has 0 atom stereocenters. The minimum atomic E-state index is 0. The highest BCUT2D eigenvalue weighted by molar-refractivity contribution is 4.94. The number of halogens is 1. The molecule has 0 saturated heterocycles. The van der Waals surface area contributed by atoms with E-state index in [4.69, 9.17) is 0 Å². The van der Waals surface area contributed by atoms with Crippen molar-refractivity contribution < 1.29 is 17.0 Å². The van der Waals surface area contributed by atoms with Crippen LogP contribution in [0.3, 0.4) is 0 Å². The fourth-order valence-electron chi connectivity index (χ4n) is 1.64. The number of nitrogens with zero attached hydrogens (tertiary/aromatic N) is 2. The third-order valence-corrected chi connectivity index (χ3v) is 2.51. The number of hydrogen-bond acceptors (Lipinski definition) is 2. The predicted molar refractivity (Wildman–Crippen MR) is 60.2 cm³/mol. The summed E-state index contributed by atoms with van der Waals surface area (Å²) >= 11 is 0. The second kappa shape index (κ2) is 8.96. The summed E-state index contributed by atoms with van der Waals surface area (Å²) in [6, 6.07) is 0. The third-order valence-electron chi connectivity index (χ3n) is 2.51. The van der Waals surface area contributed by atoms with E-state index in [0.29, 0.717) is 0 Å². The molecule has 1 rings (SSSR count). The van der Waals surface area contributed by atoms with Crippen molar-refractivity contribution in [2.45, 2.75) is 45.4 Å². The van der Waals surface area contributed by atoms with Crippen molar-refractivity contribution >= 4 is 0 Å². The van der Waals surface area contributed by atoms with Crippen molar-refractivity contribution in [3.63, 3.8) is 0 Å². The summed E-state index contributed by atoms with van der Waals surface area (Å²) in [5.74, 6) is 0. The first-order valence-corrected chi connectivity index (χ1v) is 5.77. The molecule has 0 aromatic carbocycles. The van der Waals surface area contributed by atoms with Crippen molar-refractivity contribution in [2.24, 2.45) is 0 Å². The summed E-state index contributed by atoms with van der Waals surface area (Å²) in [4.78, 5) is 4.11. The first kappa shape index (κ1) is 14.7. The molecule has 1 heterocycles. The largest absolute Gasteiger partial charge is 1.00 e. The number of hydrogen-bond donors (Lipinski definition) is 0. The molecule has 0 aliphatic carbocycles. The third kappa shape index (κ3) is 6.72. The van der Waals surface area contributed by atoms with E-state index in [1.807, 2.05) is 18.1 Å². The zero-order valence-electron chi connectivity index (χ0n) is 9.88. The fourth-order valence-corrected chi connectivity index (χ4v) is 1.64. The van der Waals surface area contributed by atoms with E-state index in [2.05, 4.69) is 24.7 Å². The monoisotopic (exact) mass is 273 g/mol. The van der Waals surface area contributed by atoms with E-state index in [-0.39, 0.29) is 17.0 Å². The van der Waals surface area contributed by atoms with Gasteiger partial charge in [-0.1, -0.05) is 39.0 Å². The Balaban J connectivity index is 0.00000196. The average Bonchev–Trinajstić information content (AvgIpc) is 2.58. The Morgan fingerprint density at radius 3 is 2.27 bits per heavy atom. The van der Waals surface area contributed by atoms with Crippen molar-refractivity contribution in [3.05, 3.63) is 19.1 Å². The van der Waals surface area contributed by atoms with Gasteiger partial charge in [-0.25, -0.2) is 0 Å². The van der Waals surface area contributed by atoms with Crippen LogP contribution in [0.2, 0.25) is 0 Å². The Labute approximate surface area is 105 Å². The van der Waals surface area contributed by atoms with Gasteiger partial charge in [0, 0.05) is 0 Å². The maximum atomic E-state index is 3.21. The van der Waals surface area contributed by atoms with Gasteiger partial charge in [0.15, 0.2) is 0 Å². The van der Waals surface area contributed by atoms with E-state index >= 15 is 0 Å². The highest BCUT2D eigenvalue weighted by Gasteiger charge is 2.26. The van der Waals surface area contributed by atoms with Crippen molar-refractivity contribution in [2.75, 3.05) is 13.6 Å². The maximum absolute atomic E-state index is 3.21. The van der Waals surface area contributed by atoms with E-state index in [9.17, 15) is 0 Å². The Bertz CT molecular complexity index is 171. The van der Waals surface area contributed by atoms with Crippen molar-refractivity contribution in [1.29, 1.82) is 0 Å². The van der Waals surface area contributed by atoms with E-state index in [0.717, 1.165) is 6.54 Å². The molecular weight excluding hydrogens is 252 g/mol. The normalized spacial score (nSPS) is 14.0. The molecule has 15 heavy (non-hydrogen) atoms. The second-order valence-corrected chi connectivity index (χ2v) is 3.97. The molecule has 0 saturated carbocycles. The number of unbranched alkanes of at least 4 members (excludes halogenated alkanes) is 5. The molecule has 87 valence electrons. The lowest BCUT2D eigenvalue weighted by atomic mass is 10.1. The van der Waals surface area contributed by atoms with Gasteiger partial charge in [0.05, 0.1) is 26.0 Å². The fraction of sp³-hybridized carbons (Fsp3) is 0.750. The Morgan fingerprint density at radius 2 is 1.67 bits per heavy atom. The van der Waals surface area contributed by atoms with Gasteiger partial charge in [0.25, 0.3) is 0 Å². The lowest BCUT2D eigenvalue weighted by Crippen LogP contribution is -3.00. The smallest absolute Gasteiger partial charge is 0.564 e. The van der Waals surface area contributed by atoms with Crippen LogP contribution in [0.4, 0.5) is 0 Å². The first-order valence-electron chi connectivity index (χ1n) is 5.77. The summed E-state index contributed by atoms with van der Waals surface area (Å²) in [5, 5.41) is 0. The lowest BCUT2D eigenvalue weighted by molar-refractivity contribution is -0.00000309. The Morgan fingerprint density at radius 1 is 1.00 bits per heavy atom. The van der Waals surface area contributed by atoms with Gasteiger partial charge in [-0.15, -0.1) is 9.80 Å². The maximum Gasteiger partial charge on any atom is 0.564 e. The van der Waals surface area contributed by atoms with Gasteiger partial charge in [-0.2, -0.15) is 0 Å². The summed E-state index contributed by atoms with van der Waals surface area (Å²) in [6.07, 6.45) is 12.3. The van der Waals surface area contributed by atoms with Crippen LogP contribution in [-0.4, -0.2) is 23.4 Å². The summed E-state index contributed by atoms with van der Waals surface area (Å²) in [5.41, 5.74) is 0. The van der Waals surface area contributed by atoms with E-state index < -0.39 is 0 Å². The predicted octanol–water partition coefficient (Wildman–Crippen LogP) is 0.0658. The molecule has 0 fully saturated rings. The van der Waals surface area contributed by atoms with Crippen molar-refractivity contribution in [1.82, 2.24) is 9.80 Å². The van der Waals surface area contributed by atoms with Crippen LogP contribution >= 0.6 is 0 Å². The molecule has 0 aromatic heterocycles. The highest BCUT2D eigenvalue weighted by atomic mass is 79.9. The van der Waals surface area contributed by atoms with Crippen LogP contribution in [0.15, 0.2) is 12.4 Å². The van der Waals surface area contributed by atoms with Crippen LogP contribution in [0.5, 0.6) is 0 Å². The molecule has 0 N–H and O–H groups in total. The van der Waals surface area contributed by atoms with E-state index in [1.165, 1.54) is 38.5 Å². The molecule has 3 heteroatoms. The molecule has 1 aliphatic rings. The zero-order chi connectivity index (χ0) is 10.2. The number of rotatable bonds is 7. The summed E-state index contributed by atoms with van der Waals surface area (Å²) in [6.45, 7) is 6.59. The van der Waals surface area contributed by atoms with Gasteiger partial charge >= 0.3 is 6.67 Å². The van der Waals surface area contributed by atoms with Crippen LogP contribution in [0, 0.1) is 6.67 Å². The van der Waals surface area contributed by atoms with Crippen LogP contribution in [0.25, 0.3) is 0 Å². The molecule has 2 nitrogen and oxygen atoms in total. The molecule has 0 unspecified atom stereocenters. The molecule has 1 radical (unpaired) electrons. The van der Waals surface area contributed by atoms with Gasteiger partial charge in [0.1, 0.15) is 0 Å². The van der Waals surface area contributed by atoms with Gasteiger partial charge < -0.3 is 17.0 Å². The molecule has 1 aliphatic heterocycles.